The average Bonchev–Trinajstić information content (AvgIpc) is 3.52. The van der Waals surface area contributed by atoms with Gasteiger partial charge in [0, 0.05) is 69.0 Å². The Morgan fingerprint density at radius 3 is 2.70 bits per heavy atom. The lowest BCUT2D eigenvalue weighted by Gasteiger charge is -2.40. The number of amides is 3. The van der Waals surface area contributed by atoms with Gasteiger partial charge in [-0.2, -0.15) is 10.1 Å². The minimum absolute atomic E-state index is 0.0161. The molecule has 2 saturated heterocycles. The summed E-state index contributed by atoms with van der Waals surface area (Å²) in [6.07, 6.45) is 2.93. The first-order valence-electron chi connectivity index (χ1n) is 15.7. The Balaban J connectivity index is 1.07. The number of hydrogen-bond donors (Lipinski definition) is 3. The summed E-state index contributed by atoms with van der Waals surface area (Å²) in [6.45, 7) is 2.42. The smallest absolute Gasteiger partial charge is 0.235 e. The second-order valence-corrected chi connectivity index (χ2v) is 13.0. The van der Waals surface area contributed by atoms with E-state index in [-0.39, 0.29) is 36.1 Å². The Labute approximate surface area is 276 Å². The first-order valence-corrected chi connectivity index (χ1v) is 16.1. The summed E-state index contributed by atoms with van der Waals surface area (Å²) >= 11 is 6.50. The second-order valence-electron chi connectivity index (χ2n) is 12.6. The van der Waals surface area contributed by atoms with Gasteiger partial charge in [0.15, 0.2) is 5.82 Å². The van der Waals surface area contributed by atoms with Crippen LogP contribution in [-0.4, -0.2) is 75.5 Å². The monoisotopic (exact) mass is 657 g/mol. The van der Waals surface area contributed by atoms with Crippen molar-refractivity contribution in [3.05, 3.63) is 58.9 Å². The van der Waals surface area contributed by atoms with Gasteiger partial charge in [-0.25, -0.2) is 4.98 Å². The molecule has 244 valence electrons. The van der Waals surface area contributed by atoms with E-state index in [0.717, 1.165) is 33.5 Å². The Morgan fingerprint density at radius 1 is 1.11 bits per heavy atom. The topological polar surface area (TPSA) is 149 Å². The predicted octanol–water partition coefficient (Wildman–Crippen LogP) is 3.47. The highest BCUT2D eigenvalue weighted by atomic mass is 35.5. The van der Waals surface area contributed by atoms with Crippen LogP contribution >= 0.6 is 11.6 Å². The van der Waals surface area contributed by atoms with Gasteiger partial charge in [-0.3, -0.25) is 24.4 Å². The van der Waals surface area contributed by atoms with Crippen LogP contribution in [0.2, 0.25) is 5.02 Å². The van der Waals surface area contributed by atoms with Gasteiger partial charge in [-0.15, -0.1) is 0 Å². The van der Waals surface area contributed by atoms with Gasteiger partial charge in [-0.05, 0) is 54.8 Å². The fourth-order valence-corrected chi connectivity index (χ4v) is 7.17. The molecule has 3 amide bonds. The Bertz CT molecular complexity index is 1930. The molecule has 3 aliphatic rings. The normalized spacial score (nSPS) is 22.9. The van der Waals surface area contributed by atoms with Crippen molar-refractivity contribution in [3.8, 4) is 0 Å². The number of nitrogens with one attached hydrogen (secondary N) is 2. The highest BCUT2D eigenvalue weighted by Gasteiger charge is 2.38. The van der Waals surface area contributed by atoms with Crippen LogP contribution in [0.1, 0.15) is 43.4 Å². The van der Waals surface area contributed by atoms with E-state index in [1.54, 1.807) is 15.8 Å². The molecule has 0 aliphatic carbocycles. The molecule has 4 atom stereocenters. The number of rotatable bonds is 6. The maximum Gasteiger partial charge on any atom is 0.235 e. The van der Waals surface area contributed by atoms with Crippen molar-refractivity contribution in [2.45, 2.75) is 50.8 Å². The minimum Gasteiger partial charge on any atom is -0.373 e. The third kappa shape index (κ3) is 5.42. The van der Waals surface area contributed by atoms with E-state index < -0.39 is 12.1 Å². The maximum absolute atomic E-state index is 13.8. The molecule has 0 bridgehead atoms. The zero-order valence-corrected chi connectivity index (χ0v) is 27.3. The van der Waals surface area contributed by atoms with Crippen molar-refractivity contribution in [1.82, 2.24) is 25.1 Å². The van der Waals surface area contributed by atoms with Crippen LogP contribution in [0.5, 0.6) is 0 Å². The van der Waals surface area contributed by atoms with Gasteiger partial charge < -0.3 is 25.1 Å². The summed E-state index contributed by atoms with van der Waals surface area (Å²) in [6, 6.07) is 11.5. The number of piperidine rings is 2. The van der Waals surface area contributed by atoms with Crippen LogP contribution < -0.4 is 25.3 Å². The molecule has 13 nitrogen and oxygen atoms in total. The third-order valence-corrected chi connectivity index (χ3v) is 10.0. The average molecular weight is 658 g/mol. The number of benzene rings is 2. The van der Waals surface area contributed by atoms with E-state index in [0.29, 0.717) is 48.3 Å². The van der Waals surface area contributed by atoms with Crippen molar-refractivity contribution in [3.63, 3.8) is 0 Å². The number of imide groups is 1. The van der Waals surface area contributed by atoms with Crippen LogP contribution in [0.15, 0.2) is 42.6 Å². The molecule has 5 heterocycles. The van der Waals surface area contributed by atoms with E-state index in [1.165, 1.54) is 0 Å². The van der Waals surface area contributed by atoms with Crippen LogP contribution in [-0.2, 0) is 27.9 Å². The highest BCUT2D eigenvalue weighted by molar-refractivity contribution is 6.32. The first kappa shape index (κ1) is 30.9. The quantitative estimate of drug-likeness (QED) is 0.263. The van der Waals surface area contributed by atoms with Crippen LogP contribution in [0, 0.1) is 5.92 Å². The van der Waals surface area contributed by atoms with Crippen molar-refractivity contribution < 1.29 is 19.5 Å². The summed E-state index contributed by atoms with van der Waals surface area (Å²) in [4.78, 5) is 52.8. The summed E-state index contributed by atoms with van der Waals surface area (Å²) in [5, 5.41) is 21.7. The molecule has 0 radical (unpaired) electrons. The maximum atomic E-state index is 13.8. The Morgan fingerprint density at radius 2 is 1.91 bits per heavy atom. The van der Waals surface area contributed by atoms with Crippen molar-refractivity contribution in [2.75, 3.05) is 40.7 Å². The van der Waals surface area contributed by atoms with Gasteiger partial charge in [0.05, 0.1) is 29.2 Å². The van der Waals surface area contributed by atoms with Gasteiger partial charge in [0.25, 0.3) is 0 Å². The minimum atomic E-state index is -0.546. The number of aryl methyl sites for hydroxylation is 1. The molecule has 3 N–H and O–H groups in total. The van der Waals surface area contributed by atoms with E-state index >= 15 is 0 Å². The fourth-order valence-electron chi connectivity index (χ4n) is 7.04. The predicted molar refractivity (Wildman–Crippen MR) is 179 cm³/mol. The number of aliphatic hydroxyl groups is 1. The summed E-state index contributed by atoms with van der Waals surface area (Å²) < 4.78 is 1.72. The van der Waals surface area contributed by atoms with Gasteiger partial charge in [0.2, 0.25) is 23.7 Å². The van der Waals surface area contributed by atoms with Crippen LogP contribution in [0.3, 0.4) is 0 Å². The van der Waals surface area contributed by atoms with Gasteiger partial charge in [-0.1, -0.05) is 18.5 Å². The van der Waals surface area contributed by atoms with Crippen molar-refractivity contribution in [2.24, 2.45) is 13.0 Å². The Hall–Kier alpha value is -4.75. The van der Waals surface area contributed by atoms with Crippen molar-refractivity contribution in [1.29, 1.82) is 0 Å². The largest absolute Gasteiger partial charge is 0.373 e. The van der Waals surface area contributed by atoms with E-state index in [1.807, 2.05) is 74.3 Å². The number of nitrogens with zero attached hydrogens (tertiary/aromatic N) is 7. The Kier molecular flexibility index (Phi) is 7.75. The van der Waals surface area contributed by atoms with Gasteiger partial charge in [0.1, 0.15) is 11.3 Å². The molecular weight excluding hydrogens is 622 g/mol. The number of carbonyl (C=O) groups excluding carboxylic acids is 3. The molecule has 2 unspecified atom stereocenters. The molecule has 3 aliphatic heterocycles. The summed E-state index contributed by atoms with van der Waals surface area (Å²) in [5.41, 5.74) is 5.02. The number of likely N-dealkylation sites (N-methyl/N-ethyl adjacent to an activating group) is 1. The standard InChI is InChI=1S/C33H36ClN9O4/c1-17-24(41(3)33-35-16-23(34)30(38-33)36-19-5-9-25-18(13-19)14-28(45)40(25)2)11-12-43(32(17)47)20-6-7-21-26(15-20)42(4)39-29(21)22-8-10-27(44)37-31(22)46/h5-7,9,13,15-17,22,24,28,45H,8,10-12,14H2,1-4H3,(H,35,36,38)(H,37,44,46)/t17-,22?,24+,28?/m0/s1. The lowest BCUT2D eigenvalue weighted by Crippen LogP contribution is -2.53. The zero-order chi connectivity index (χ0) is 33.1. The number of carbonyl (C=O) groups is 3. The first-order chi connectivity index (χ1) is 22.5. The number of halogens is 1. The lowest BCUT2D eigenvalue weighted by molar-refractivity contribution is -0.134. The van der Waals surface area contributed by atoms with E-state index in [9.17, 15) is 19.5 Å². The molecule has 2 fully saturated rings. The number of hydrogen-bond acceptors (Lipinski definition) is 10. The highest BCUT2D eigenvalue weighted by Crippen LogP contribution is 2.36. The van der Waals surface area contributed by atoms with Crippen LogP contribution in [0.4, 0.5) is 28.8 Å². The molecule has 0 spiro atoms. The fraction of sp³-hybridized carbons (Fsp3) is 0.394. The lowest BCUT2D eigenvalue weighted by atomic mass is 9.91. The van der Waals surface area contributed by atoms with E-state index in [2.05, 4.69) is 20.7 Å². The molecule has 14 heteroatoms. The molecule has 7 rings (SSSR count). The number of fused-ring (bicyclic) bond motifs is 2. The molecular formula is C33H36ClN9O4. The summed E-state index contributed by atoms with van der Waals surface area (Å²) in [7, 11) is 5.57. The van der Waals surface area contributed by atoms with Crippen LogP contribution in [0.25, 0.3) is 10.9 Å². The molecule has 47 heavy (non-hydrogen) atoms. The number of aromatic nitrogens is 4. The van der Waals surface area contributed by atoms with E-state index in [4.69, 9.17) is 16.6 Å². The molecule has 2 aromatic heterocycles. The van der Waals surface area contributed by atoms with Gasteiger partial charge >= 0.3 is 0 Å². The molecule has 2 aromatic carbocycles. The number of anilines is 5. The van der Waals surface area contributed by atoms with Crippen molar-refractivity contribution >= 4 is 69.1 Å². The SMILES string of the molecule is C[C@@H]1C(=O)N(c2ccc3c(C4CCC(=O)NC4=O)nn(C)c3c2)CC[C@H]1N(C)c1ncc(Cl)c(Nc2ccc3c(c2)CC(O)N3C)n1. The molecule has 4 aromatic rings. The zero-order valence-electron chi connectivity index (χ0n) is 26.6. The summed E-state index contributed by atoms with van der Waals surface area (Å²) in [5.74, 6) is -0.559. The second kappa shape index (κ2) is 11.8. The molecule has 0 saturated carbocycles. The number of aliphatic hydroxyl groups excluding tert-OH is 1. The third-order valence-electron chi connectivity index (χ3n) is 9.74.